The number of ether oxygens (including phenoxy) is 1. The first-order chi connectivity index (χ1) is 6.27. The predicted octanol–water partition coefficient (Wildman–Crippen LogP) is 1.39. The fraction of sp³-hybridized carbons (Fsp3) is 0.375. The van der Waals surface area contributed by atoms with E-state index < -0.39 is 5.97 Å². The third-order valence-corrected chi connectivity index (χ3v) is 1.58. The first kappa shape index (κ1) is 9.92. The highest BCUT2D eigenvalue weighted by Gasteiger charge is 2.09. The lowest BCUT2D eigenvalue weighted by molar-refractivity contribution is 0.0511. The number of hydrogen-bond donors (Lipinski definition) is 0. The van der Waals surface area contributed by atoms with Gasteiger partial charge in [-0.15, -0.1) is 11.6 Å². The smallest absolute Gasteiger partial charge is 0.376 e. The fourth-order valence-electron chi connectivity index (χ4n) is 0.764. The Morgan fingerprint density at radius 3 is 3.08 bits per heavy atom. The van der Waals surface area contributed by atoms with Crippen LogP contribution in [0.5, 0.6) is 0 Å². The molecule has 0 radical (unpaired) electrons. The molecular weight excluding hydrogens is 192 g/mol. The van der Waals surface area contributed by atoms with Crippen molar-refractivity contribution in [3.63, 3.8) is 0 Å². The molecule has 1 aromatic rings. The van der Waals surface area contributed by atoms with Crippen LogP contribution in [0.15, 0.2) is 12.3 Å². The van der Waals surface area contributed by atoms with E-state index in [1.54, 1.807) is 13.0 Å². The van der Waals surface area contributed by atoms with Gasteiger partial charge >= 0.3 is 5.97 Å². The molecule has 0 unspecified atom stereocenters. The Labute approximate surface area is 80.9 Å². The molecule has 0 saturated carbocycles. The quantitative estimate of drug-likeness (QED) is 0.547. The van der Waals surface area contributed by atoms with Crippen LogP contribution in [-0.2, 0) is 10.6 Å². The molecule has 1 heterocycles. The van der Waals surface area contributed by atoms with Gasteiger partial charge in [-0.05, 0) is 13.0 Å². The Hall–Kier alpha value is -1.16. The van der Waals surface area contributed by atoms with E-state index in [2.05, 4.69) is 9.97 Å². The van der Waals surface area contributed by atoms with Gasteiger partial charge in [0, 0.05) is 6.20 Å². The summed E-state index contributed by atoms with van der Waals surface area (Å²) in [4.78, 5) is 18.8. The first-order valence-corrected chi connectivity index (χ1v) is 4.36. The number of nitrogens with zero attached hydrogens (tertiary/aromatic N) is 2. The van der Waals surface area contributed by atoms with Crippen molar-refractivity contribution in [2.24, 2.45) is 0 Å². The number of aromatic nitrogens is 2. The van der Waals surface area contributed by atoms with Crippen LogP contribution in [0.4, 0.5) is 0 Å². The van der Waals surface area contributed by atoms with Crippen molar-refractivity contribution in [3.8, 4) is 0 Å². The highest BCUT2D eigenvalue weighted by Crippen LogP contribution is 2.00. The second-order valence-electron chi connectivity index (χ2n) is 2.23. The van der Waals surface area contributed by atoms with E-state index in [9.17, 15) is 4.79 Å². The van der Waals surface area contributed by atoms with Gasteiger partial charge in [0.15, 0.2) is 0 Å². The fourth-order valence-corrected chi connectivity index (χ4v) is 0.913. The average Bonchev–Trinajstić information content (AvgIpc) is 2.18. The minimum absolute atomic E-state index is 0.0556. The normalized spacial score (nSPS) is 9.69. The highest BCUT2D eigenvalue weighted by atomic mass is 35.5. The third-order valence-electron chi connectivity index (χ3n) is 1.31. The van der Waals surface area contributed by atoms with Gasteiger partial charge in [0.1, 0.15) is 0 Å². The molecule has 0 N–H and O–H groups in total. The molecule has 4 nitrogen and oxygen atoms in total. The summed E-state index contributed by atoms with van der Waals surface area (Å²) in [5, 5.41) is 0. The molecule has 1 rings (SSSR count). The molecule has 0 saturated heterocycles. The number of carbonyl (C=O) groups excluding carboxylic acids is 1. The number of hydrogen-bond acceptors (Lipinski definition) is 4. The number of carbonyl (C=O) groups is 1. The highest BCUT2D eigenvalue weighted by molar-refractivity contribution is 6.16. The maximum atomic E-state index is 11.1. The lowest BCUT2D eigenvalue weighted by Gasteiger charge is -2.00. The van der Waals surface area contributed by atoms with Crippen molar-refractivity contribution in [2.75, 3.05) is 6.61 Å². The van der Waals surface area contributed by atoms with Crippen molar-refractivity contribution in [2.45, 2.75) is 12.8 Å². The van der Waals surface area contributed by atoms with E-state index >= 15 is 0 Å². The largest absolute Gasteiger partial charge is 0.460 e. The van der Waals surface area contributed by atoms with Crippen LogP contribution in [0.3, 0.4) is 0 Å². The van der Waals surface area contributed by atoms with Gasteiger partial charge in [0.25, 0.3) is 0 Å². The van der Waals surface area contributed by atoms with E-state index in [4.69, 9.17) is 16.3 Å². The molecule has 0 atom stereocenters. The van der Waals surface area contributed by atoms with Crippen LogP contribution < -0.4 is 0 Å². The summed E-state index contributed by atoms with van der Waals surface area (Å²) >= 11 is 5.54. The molecule has 70 valence electrons. The third kappa shape index (κ3) is 2.66. The van der Waals surface area contributed by atoms with Crippen molar-refractivity contribution >= 4 is 17.6 Å². The Kier molecular flexibility index (Phi) is 3.64. The molecule has 0 fully saturated rings. The standard InChI is InChI=1S/C8H9ClN2O2/c1-2-13-8(12)7-10-4-3-6(5-9)11-7/h3-4H,2,5H2,1H3. The monoisotopic (exact) mass is 200 g/mol. The van der Waals surface area contributed by atoms with Crippen molar-refractivity contribution < 1.29 is 9.53 Å². The van der Waals surface area contributed by atoms with Crippen LogP contribution in [0, 0.1) is 0 Å². The summed E-state index contributed by atoms with van der Waals surface area (Å²) in [6, 6.07) is 1.65. The van der Waals surface area contributed by atoms with Crippen molar-refractivity contribution in [1.29, 1.82) is 0 Å². The second kappa shape index (κ2) is 4.77. The summed E-state index contributed by atoms with van der Waals surface area (Å²) < 4.78 is 4.72. The molecule has 0 aliphatic rings. The number of esters is 1. The summed E-state index contributed by atoms with van der Waals surface area (Å²) in [5.41, 5.74) is 0.611. The maximum Gasteiger partial charge on any atom is 0.376 e. The maximum absolute atomic E-state index is 11.1. The number of halogens is 1. The molecule has 13 heavy (non-hydrogen) atoms. The molecule has 0 aliphatic carbocycles. The molecule has 0 aromatic carbocycles. The summed E-state index contributed by atoms with van der Waals surface area (Å²) in [7, 11) is 0. The summed E-state index contributed by atoms with van der Waals surface area (Å²) in [6.07, 6.45) is 1.48. The zero-order chi connectivity index (χ0) is 9.68. The Morgan fingerprint density at radius 1 is 1.69 bits per heavy atom. The average molecular weight is 201 g/mol. The molecule has 5 heteroatoms. The Balaban J connectivity index is 2.82. The number of rotatable bonds is 3. The SMILES string of the molecule is CCOC(=O)c1nccc(CCl)n1. The summed E-state index contributed by atoms with van der Waals surface area (Å²) in [5.74, 6) is -0.205. The Bertz CT molecular complexity index is 304. The lowest BCUT2D eigenvalue weighted by Crippen LogP contribution is -2.10. The van der Waals surface area contributed by atoms with E-state index in [-0.39, 0.29) is 11.7 Å². The lowest BCUT2D eigenvalue weighted by atomic mass is 10.4. The van der Waals surface area contributed by atoms with Gasteiger partial charge in [-0.3, -0.25) is 0 Å². The van der Waals surface area contributed by atoms with Gasteiger partial charge in [-0.1, -0.05) is 0 Å². The molecule has 1 aromatic heterocycles. The predicted molar refractivity (Wildman–Crippen MR) is 47.5 cm³/mol. The zero-order valence-electron chi connectivity index (χ0n) is 7.16. The molecule has 0 aliphatic heterocycles. The van der Waals surface area contributed by atoms with Crippen molar-refractivity contribution in [1.82, 2.24) is 9.97 Å². The van der Waals surface area contributed by atoms with Gasteiger partial charge in [-0.2, -0.15) is 0 Å². The van der Waals surface area contributed by atoms with Gasteiger partial charge in [-0.25, -0.2) is 14.8 Å². The van der Waals surface area contributed by atoms with Crippen molar-refractivity contribution in [3.05, 3.63) is 23.8 Å². The van der Waals surface area contributed by atoms with E-state index in [1.165, 1.54) is 6.20 Å². The molecule has 0 spiro atoms. The van der Waals surface area contributed by atoms with Gasteiger partial charge in [0.05, 0.1) is 18.2 Å². The topological polar surface area (TPSA) is 52.1 Å². The Morgan fingerprint density at radius 2 is 2.46 bits per heavy atom. The van der Waals surface area contributed by atoms with E-state index in [1.807, 2.05) is 0 Å². The molecule has 0 bridgehead atoms. The van der Waals surface area contributed by atoms with Crippen LogP contribution in [0.2, 0.25) is 0 Å². The molecular formula is C8H9ClN2O2. The van der Waals surface area contributed by atoms with Crippen LogP contribution in [0.1, 0.15) is 23.2 Å². The van der Waals surface area contributed by atoms with Gasteiger partial charge in [0.2, 0.25) is 5.82 Å². The minimum Gasteiger partial charge on any atom is -0.460 e. The second-order valence-corrected chi connectivity index (χ2v) is 2.49. The van der Waals surface area contributed by atoms with Crippen LogP contribution >= 0.6 is 11.6 Å². The van der Waals surface area contributed by atoms with Crippen LogP contribution in [0.25, 0.3) is 0 Å². The molecule has 0 amide bonds. The van der Waals surface area contributed by atoms with Gasteiger partial charge < -0.3 is 4.74 Å². The zero-order valence-corrected chi connectivity index (χ0v) is 7.91. The van der Waals surface area contributed by atoms with Crippen LogP contribution in [-0.4, -0.2) is 22.5 Å². The van der Waals surface area contributed by atoms with E-state index in [0.29, 0.717) is 12.3 Å². The summed E-state index contributed by atoms with van der Waals surface area (Å²) in [6.45, 7) is 2.04. The first-order valence-electron chi connectivity index (χ1n) is 3.83. The minimum atomic E-state index is -0.519. The number of alkyl halides is 1. The van der Waals surface area contributed by atoms with E-state index in [0.717, 1.165) is 0 Å².